The van der Waals surface area contributed by atoms with Gasteiger partial charge in [0, 0.05) is 56.6 Å². The van der Waals surface area contributed by atoms with Crippen molar-refractivity contribution >= 4 is 33.7 Å². The summed E-state index contributed by atoms with van der Waals surface area (Å²) in [6.45, 7) is 10.5. The number of aryl methyl sites for hydroxylation is 1. The number of morpholine rings is 1. The highest BCUT2D eigenvalue weighted by atomic mass is 35.5. The summed E-state index contributed by atoms with van der Waals surface area (Å²) in [5, 5.41) is -0.00825. The van der Waals surface area contributed by atoms with Crippen LogP contribution in [0.5, 0.6) is 0 Å². The first kappa shape index (κ1) is 31.6. The molecule has 1 saturated carbocycles. The molecule has 6 rings (SSSR count). The molecular weight excluding hydrogens is 598 g/mol. The number of aromatic nitrogens is 3. The molecular formula is C33H41ClF2N8O. The van der Waals surface area contributed by atoms with Crippen LogP contribution in [-0.2, 0) is 4.74 Å². The van der Waals surface area contributed by atoms with Gasteiger partial charge in [0.2, 0.25) is 0 Å². The summed E-state index contributed by atoms with van der Waals surface area (Å²) >= 11 is 5.89. The molecule has 4 heterocycles. The molecule has 0 radical (unpaired) electrons. The van der Waals surface area contributed by atoms with Gasteiger partial charge in [-0.05, 0) is 85.9 Å². The monoisotopic (exact) mass is 638 g/mol. The minimum Gasteiger partial charge on any atom is -0.384 e. The molecule has 2 aromatic heterocycles. The number of ether oxygens (including phenoxy) is 1. The number of nitrogens with two attached hydrogens (primary N) is 2. The van der Waals surface area contributed by atoms with Gasteiger partial charge in [-0.3, -0.25) is 9.80 Å². The Labute approximate surface area is 267 Å². The maximum atomic E-state index is 15.2. The van der Waals surface area contributed by atoms with Gasteiger partial charge in [0.1, 0.15) is 23.0 Å². The van der Waals surface area contributed by atoms with Crippen molar-refractivity contribution in [3.8, 4) is 11.1 Å². The fourth-order valence-electron chi connectivity index (χ4n) is 7.61. The zero-order valence-corrected chi connectivity index (χ0v) is 26.6. The number of aliphatic imine (C=N–C) groups is 1. The molecule has 12 heteroatoms. The summed E-state index contributed by atoms with van der Waals surface area (Å²) in [5.41, 5.74) is 13.9. The van der Waals surface area contributed by atoms with Crippen LogP contribution in [0.25, 0.3) is 22.2 Å². The molecule has 45 heavy (non-hydrogen) atoms. The lowest BCUT2D eigenvalue weighted by Gasteiger charge is -2.45. The minimum atomic E-state index is -0.570. The summed E-state index contributed by atoms with van der Waals surface area (Å²) in [5.74, 6) is 1.07. The second kappa shape index (κ2) is 13.5. The second-order valence-electron chi connectivity index (χ2n) is 12.5. The Morgan fingerprint density at radius 1 is 1.16 bits per heavy atom. The summed E-state index contributed by atoms with van der Waals surface area (Å²) in [7, 11) is 0. The van der Waals surface area contributed by atoms with Crippen molar-refractivity contribution in [1.82, 2.24) is 24.3 Å². The maximum Gasteiger partial charge on any atom is 0.193 e. The molecule has 1 aliphatic carbocycles. The van der Waals surface area contributed by atoms with E-state index in [9.17, 15) is 4.39 Å². The van der Waals surface area contributed by atoms with Crippen molar-refractivity contribution in [3.63, 3.8) is 0 Å². The third-order valence-electron chi connectivity index (χ3n) is 9.45. The molecule has 240 valence electrons. The molecule has 3 aromatic rings. The van der Waals surface area contributed by atoms with E-state index in [-0.39, 0.29) is 28.2 Å². The van der Waals surface area contributed by atoms with Gasteiger partial charge < -0.3 is 20.8 Å². The average Bonchev–Trinajstić information content (AvgIpc) is 3.49. The lowest BCUT2D eigenvalue weighted by Crippen LogP contribution is -2.55. The number of amidine groups is 1. The van der Waals surface area contributed by atoms with Crippen molar-refractivity contribution in [1.29, 1.82) is 0 Å². The fraction of sp³-hybridized carbons (Fsp3) is 0.485. The van der Waals surface area contributed by atoms with Crippen LogP contribution in [0.1, 0.15) is 38.1 Å². The number of allylic oxidation sites excluding steroid dienone is 1. The van der Waals surface area contributed by atoms with E-state index in [0.717, 1.165) is 57.7 Å². The van der Waals surface area contributed by atoms with Crippen LogP contribution in [0.3, 0.4) is 0 Å². The third-order valence-corrected chi connectivity index (χ3v) is 9.55. The lowest BCUT2D eigenvalue weighted by molar-refractivity contribution is -0.0231. The molecule has 2 saturated heterocycles. The largest absolute Gasteiger partial charge is 0.384 e. The number of hydrogen-bond acceptors (Lipinski definition) is 7. The number of likely N-dealkylation sites (tertiary alicyclic amines) is 1. The van der Waals surface area contributed by atoms with E-state index in [0.29, 0.717) is 41.2 Å². The van der Waals surface area contributed by atoms with Crippen molar-refractivity contribution in [2.24, 2.45) is 22.6 Å². The van der Waals surface area contributed by atoms with E-state index >= 15 is 4.39 Å². The number of hydrogen-bond donors (Lipinski definition) is 2. The lowest BCUT2D eigenvalue weighted by atomic mass is 9.90. The predicted molar refractivity (Wildman–Crippen MR) is 175 cm³/mol. The standard InChI is InChI=1S/C33H41ClF2N8O/c1-20(44-21(2)41-31-27(35)12-25(13-29(31)44)26-14-30(37)39-16-28(26)36)4-3-5-22(15-40-33(34)38)17-42-18-23-6-7-24(19-42)32(23)43-8-10-45-11-9-43/h3,5,12-16,20,23-24,32H,4,6-11,17-19H2,1-2H3,(H2,37,39)(H2,38,40)/b5-3+,22-15+. The number of nitrogen functional groups attached to an aromatic ring is 1. The number of piperidine rings is 1. The van der Waals surface area contributed by atoms with Crippen LogP contribution in [-0.4, -0.2) is 81.6 Å². The molecule has 3 atom stereocenters. The SMILES string of the molecule is Cc1nc2c(F)cc(-c3cc(N)ncc3F)cc2n1C(C)C/C=C/C(=C\N=C(/N)Cl)CN1CC2CCC(C1)C2N1CCOCC1. The van der Waals surface area contributed by atoms with Crippen LogP contribution in [0, 0.1) is 30.4 Å². The summed E-state index contributed by atoms with van der Waals surface area (Å²) < 4.78 is 37.4. The Morgan fingerprint density at radius 2 is 1.89 bits per heavy atom. The van der Waals surface area contributed by atoms with Crippen molar-refractivity contribution < 1.29 is 13.5 Å². The van der Waals surface area contributed by atoms with Crippen LogP contribution in [0.15, 0.2) is 53.3 Å². The van der Waals surface area contributed by atoms with Crippen molar-refractivity contribution in [2.45, 2.75) is 45.2 Å². The molecule has 3 fully saturated rings. The van der Waals surface area contributed by atoms with E-state index in [1.165, 1.54) is 25.0 Å². The zero-order valence-electron chi connectivity index (χ0n) is 25.8. The molecule has 4 N–H and O–H groups in total. The zero-order chi connectivity index (χ0) is 31.7. The molecule has 2 bridgehead atoms. The highest BCUT2D eigenvalue weighted by Crippen LogP contribution is 2.40. The molecule has 3 unspecified atom stereocenters. The second-order valence-corrected chi connectivity index (χ2v) is 12.9. The summed E-state index contributed by atoms with van der Waals surface area (Å²) in [6.07, 6.45) is 10.1. The van der Waals surface area contributed by atoms with Crippen molar-refractivity contribution in [2.75, 3.05) is 51.7 Å². The Bertz CT molecular complexity index is 1610. The molecule has 1 aromatic carbocycles. The Morgan fingerprint density at radius 3 is 2.60 bits per heavy atom. The van der Waals surface area contributed by atoms with E-state index in [1.54, 1.807) is 12.3 Å². The van der Waals surface area contributed by atoms with Crippen molar-refractivity contribution in [3.05, 3.63) is 65.8 Å². The van der Waals surface area contributed by atoms with Gasteiger partial charge in [0.05, 0.1) is 24.9 Å². The van der Waals surface area contributed by atoms with Crippen LogP contribution in [0.4, 0.5) is 14.6 Å². The first-order valence-corrected chi connectivity index (χ1v) is 16.0. The average molecular weight is 639 g/mol. The molecule has 3 aliphatic rings. The van der Waals surface area contributed by atoms with Crippen LogP contribution >= 0.6 is 11.6 Å². The minimum absolute atomic E-state index is 0.00825. The van der Waals surface area contributed by atoms with Gasteiger partial charge in [-0.1, -0.05) is 12.2 Å². The van der Waals surface area contributed by atoms with Gasteiger partial charge in [-0.2, -0.15) is 0 Å². The molecule has 0 amide bonds. The predicted octanol–water partition coefficient (Wildman–Crippen LogP) is 5.25. The first-order chi connectivity index (χ1) is 21.7. The van der Waals surface area contributed by atoms with Gasteiger partial charge in [0.15, 0.2) is 11.1 Å². The number of benzene rings is 1. The first-order valence-electron chi connectivity index (χ1n) is 15.7. The maximum absolute atomic E-state index is 15.2. The highest BCUT2D eigenvalue weighted by Gasteiger charge is 2.44. The Kier molecular flexibility index (Phi) is 9.51. The van der Waals surface area contributed by atoms with E-state index in [2.05, 4.69) is 43.8 Å². The summed E-state index contributed by atoms with van der Waals surface area (Å²) in [4.78, 5) is 17.7. The van der Waals surface area contributed by atoms with Gasteiger partial charge >= 0.3 is 0 Å². The molecule has 2 aliphatic heterocycles. The van der Waals surface area contributed by atoms with Gasteiger partial charge in [-0.15, -0.1) is 0 Å². The molecule has 0 spiro atoms. The smallest absolute Gasteiger partial charge is 0.193 e. The number of anilines is 1. The third kappa shape index (κ3) is 6.91. The Hall–Kier alpha value is -3.38. The fourth-order valence-corrected chi connectivity index (χ4v) is 7.66. The number of pyridine rings is 1. The van der Waals surface area contributed by atoms with E-state index in [1.807, 2.05) is 11.5 Å². The Balaban J connectivity index is 1.18. The highest BCUT2D eigenvalue weighted by molar-refractivity contribution is 6.64. The normalized spacial score (nSPS) is 24.2. The van der Waals surface area contributed by atoms with Crippen LogP contribution in [0.2, 0.25) is 0 Å². The van der Waals surface area contributed by atoms with E-state index < -0.39 is 11.6 Å². The number of rotatable bonds is 9. The topological polar surface area (TPSA) is 111 Å². The number of nitrogens with zero attached hydrogens (tertiary/aromatic N) is 6. The number of imidazole rings is 1. The number of fused-ring (bicyclic) bond motifs is 3. The molecule has 9 nitrogen and oxygen atoms in total. The van der Waals surface area contributed by atoms with Gasteiger partial charge in [0.25, 0.3) is 0 Å². The van der Waals surface area contributed by atoms with Crippen LogP contribution < -0.4 is 11.5 Å². The summed E-state index contributed by atoms with van der Waals surface area (Å²) in [6, 6.07) is 5.05. The van der Waals surface area contributed by atoms with Gasteiger partial charge in [-0.25, -0.2) is 23.7 Å². The van der Waals surface area contributed by atoms with E-state index in [4.69, 9.17) is 27.8 Å². The quantitative estimate of drug-likeness (QED) is 0.142. The number of halogens is 3.